The summed E-state index contributed by atoms with van der Waals surface area (Å²) in [7, 11) is -0.448. The molecule has 1 amide bonds. The van der Waals surface area contributed by atoms with Gasteiger partial charge in [-0.05, 0) is 34.1 Å². The first kappa shape index (κ1) is 18.1. The lowest BCUT2D eigenvalue weighted by Gasteiger charge is -2.32. The standard InChI is InChI=1S/C17H27BN4O3/c1-13(23)21-7-6-8-22(10-9-21)15-19-11-14(12-20-15)18-24-16(2,3)17(4,5)25-18/h11-12H,6-10H2,1-5H3. The van der Waals surface area contributed by atoms with E-state index >= 15 is 0 Å². The van der Waals surface area contributed by atoms with Gasteiger partial charge < -0.3 is 19.1 Å². The van der Waals surface area contributed by atoms with Gasteiger partial charge in [-0.25, -0.2) is 9.97 Å². The van der Waals surface area contributed by atoms with Crippen molar-refractivity contribution in [2.75, 3.05) is 31.1 Å². The van der Waals surface area contributed by atoms with Gasteiger partial charge in [0.25, 0.3) is 0 Å². The summed E-state index contributed by atoms with van der Waals surface area (Å²) >= 11 is 0. The Labute approximate surface area is 149 Å². The Bertz CT molecular complexity index is 619. The number of carbonyl (C=O) groups excluding carboxylic acids is 1. The monoisotopic (exact) mass is 346 g/mol. The molecule has 0 atom stereocenters. The molecule has 2 saturated heterocycles. The normalized spacial score (nSPS) is 22.8. The van der Waals surface area contributed by atoms with Crippen molar-refractivity contribution >= 4 is 24.4 Å². The van der Waals surface area contributed by atoms with Crippen molar-refractivity contribution in [1.29, 1.82) is 0 Å². The Kier molecular flexibility index (Phi) is 4.77. The minimum atomic E-state index is -0.448. The molecule has 3 rings (SSSR count). The summed E-state index contributed by atoms with van der Waals surface area (Å²) in [5.41, 5.74) is 0.0664. The van der Waals surface area contributed by atoms with E-state index < -0.39 is 7.12 Å². The Hall–Kier alpha value is -1.67. The van der Waals surface area contributed by atoms with Crippen LogP contribution in [-0.4, -0.2) is 65.3 Å². The van der Waals surface area contributed by atoms with Crippen molar-refractivity contribution < 1.29 is 14.1 Å². The highest BCUT2D eigenvalue weighted by Crippen LogP contribution is 2.36. The van der Waals surface area contributed by atoms with E-state index in [2.05, 4.69) is 14.9 Å². The lowest BCUT2D eigenvalue weighted by Crippen LogP contribution is -2.41. The molecule has 0 unspecified atom stereocenters. The maximum Gasteiger partial charge on any atom is 0.498 e. The SMILES string of the molecule is CC(=O)N1CCCN(c2ncc(B3OC(C)(C)C(C)(C)O3)cn2)CC1. The van der Waals surface area contributed by atoms with Crippen molar-refractivity contribution in [2.45, 2.75) is 52.2 Å². The Morgan fingerprint density at radius 2 is 1.64 bits per heavy atom. The van der Waals surface area contributed by atoms with E-state index in [-0.39, 0.29) is 17.1 Å². The number of anilines is 1. The largest absolute Gasteiger partial charge is 0.498 e. The summed E-state index contributed by atoms with van der Waals surface area (Å²) in [4.78, 5) is 24.5. The van der Waals surface area contributed by atoms with Crippen molar-refractivity contribution in [3.05, 3.63) is 12.4 Å². The third-order valence-corrected chi connectivity index (χ3v) is 5.41. The zero-order valence-corrected chi connectivity index (χ0v) is 15.8. The third-order valence-electron chi connectivity index (χ3n) is 5.41. The van der Waals surface area contributed by atoms with E-state index in [9.17, 15) is 4.79 Å². The molecule has 25 heavy (non-hydrogen) atoms. The fraction of sp³-hybridized carbons (Fsp3) is 0.706. The van der Waals surface area contributed by atoms with Gasteiger partial charge in [0.15, 0.2) is 0 Å². The Morgan fingerprint density at radius 1 is 1.04 bits per heavy atom. The highest BCUT2D eigenvalue weighted by atomic mass is 16.7. The van der Waals surface area contributed by atoms with E-state index in [0.717, 1.165) is 31.5 Å². The summed E-state index contributed by atoms with van der Waals surface area (Å²) in [5, 5.41) is 0. The maximum absolute atomic E-state index is 11.5. The van der Waals surface area contributed by atoms with Gasteiger partial charge in [-0.3, -0.25) is 4.79 Å². The molecule has 1 aromatic rings. The molecule has 0 bridgehead atoms. The van der Waals surface area contributed by atoms with Crippen molar-refractivity contribution in [2.24, 2.45) is 0 Å². The predicted octanol–water partition coefficient (Wildman–Crippen LogP) is 0.834. The molecule has 136 valence electrons. The van der Waals surface area contributed by atoms with Gasteiger partial charge in [-0.1, -0.05) is 0 Å². The van der Waals surface area contributed by atoms with Crippen molar-refractivity contribution in [3.8, 4) is 0 Å². The smallest absolute Gasteiger partial charge is 0.399 e. The van der Waals surface area contributed by atoms with Gasteiger partial charge in [-0.15, -0.1) is 0 Å². The van der Waals surface area contributed by atoms with Gasteiger partial charge >= 0.3 is 7.12 Å². The predicted molar refractivity (Wildman–Crippen MR) is 96.8 cm³/mol. The molecule has 0 N–H and O–H groups in total. The molecule has 3 heterocycles. The summed E-state index contributed by atoms with van der Waals surface area (Å²) in [6.07, 6.45) is 4.47. The molecular weight excluding hydrogens is 319 g/mol. The minimum Gasteiger partial charge on any atom is -0.399 e. The number of hydrogen-bond acceptors (Lipinski definition) is 6. The fourth-order valence-electron chi connectivity index (χ4n) is 3.03. The van der Waals surface area contributed by atoms with Crippen LogP contribution in [0.1, 0.15) is 41.0 Å². The van der Waals surface area contributed by atoms with Crippen molar-refractivity contribution in [3.63, 3.8) is 0 Å². The molecule has 0 radical (unpaired) electrons. The van der Waals surface area contributed by atoms with Gasteiger partial charge in [-0.2, -0.15) is 0 Å². The number of amides is 1. The third kappa shape index (κ3) is 3.65. The molecule has 0 aromatic carbocycles. The molecule has 0 aliphatic carbocycles. The second kappa shape index (κ2) is 6.57. The quantitative estimate of drug-likeness (QED) is 0.739. The van der Waals surface area contributed by atoms with E-state index in [1.807, 2.05) is 32.6 Å². The molecule has 2 aliphatic rings. The van der Waals surface area contributed by atoms with Crippen LogP contribution in [0.5, 0.6) is 0 Å². The Balaban J connectivity index is 1.68. The average Bonchev–Trinajstić information content (AvgIpc) is 2.73. The molecule has 0 saturated carbocycles. The molecule has 2 fully saturated rings. The first-order valence-corrected chi connectivity index (χ1v) is 8.88. The molecule has 1 aromatic heterocycles. The summed E-state index contributed by atoms with van der Waals surface area (Å²) in [6, 6.07) is 0. The zero-order chi connectivity index (χ0) is 18.2. The molecular formula is C17H27BN4O3. The van der Waals surface area contributed by atoms with Crippen LogP contribution >= 0.6 is 0 Å². The molecule has 7 nitrogen and oxygen atoms in total. The first-order chi connectivity index (χ1) is 11.7. The van der Waals surface area contributed by atoms with Gasteiger partial charge in [0, 0.05) is 51.0 Å². The number of aromatic nitrogens is 2. The second-order valence-electron chi connectivity index (χ2n) is 7.75. The summed E-state index contributed by atoms with van der Waals surface area (Å²) < 4.78 is 12.1. The van der Waals surface area contributed by atoms with Crippen LogP contribution in [-0.2, 0) is 14.1 Å². The van der Waals surface area contributed by atoms with Crippen LogP contribution in [0.15, 0.2) is 12.4 Å². The topological polar surface area (TPSA) is 67.8 Å². The van der Waals surface area contributed by atoms with E-state index in [1.54, 1.807) is 19.3 Å². The van der Waals surface area contributed by atoms with E-state index in [4.69, 9.17) is 9.31 Å². The number of carbonyl (C=O) groups is 1. The lowest BCUT2D eigenvalue weighted by atomic mass is 9.81. The maximum atomic E-state index is 11.5. The van der Waals surface area contributed by atoms with Gasteiger partial charge in [0.05, 0.1) is 11.2 Å². The summed E-state index contributed by atoms with van der Waals surface area (Å²) in [5.74, 6) is 0.810. The molecule has 2 aliphatic heterocycles. The molecule has 0 spiro atoms. The lowest BCUT2D eigenvalue weighted by molar-refractivity contribution is -0.128. The summed E-state index contributed by atoms with van der Waals surface area (Å²) in [6.45, 7) is 12.8. The highest BCUT2D eigenvalue weighted by molar-refractivity contribution is 6.61. The van der Waals surface area contributed by atoms with E-state index in [1.165, 1.54) is 0 Å². The second-order valence-corrected chi connectivity index (χ2v) is 7.75. The fourth-order valence-corrected chi connectivity index (χ4v) is 3.03. The minimum absolute atomic E-state index is 0.124. The zero-order valence-electron chi connectivity index (χ0n) is 15.8. The van der Waals surface area contributed by atoms with Crippen LogP contribution in [0, 0.1) is 0 Å². The first-order valence-electron chi connectivity index (χ1n) is 8.88. The van der Waals surface area contributed by atoms with Crippen LogP contribution in [0.25, 0.3) is 0 Å². The van der Waals surface area contributed by atoms with E-state index in [0.29, 0.717) is 12.5 Å². The van der Waals surface area contributed by atoms with Crippen LogP contribution in [0.3, 0.4) is 0 Å². The van der Waals surface area contributed by atoms with Crippen LogP contribution in [0.4, 0.5) is 5.95 Å². The van der Waals surface area contributed by atoms with Crippen LogP contribution < -0.4 is 10.4 Å². The van der Waals surface area contributed by atoms with Crippen LogP contribution in [0.2, 0.25) is 0 Å². The number of nitrogens with zero attached hydrogens (tertiary/aromatic N) is 4. The number of rotatable bonds is 2. The Morgan fingerprint density at radius 3 is 2.20 bits per heavy atom. The van der Waals surface area contributed by atoms with Crippen molar-refractivity contribution in [1.82, 2.24) is 14.9 Å². The van der Waals surface area contributed by atoms with Gasteiger partial charge in [0.2, 0.25) is 11.9 Å². The highest BCUT2D eigenvalue weighted by Gasteiger charge is 2.52. The van der Waals surface area contributed by atoms with Gasteiger partial charge in [0.1, 0.15) is 0 Å². The molecule has 8 heteroatoms. The number of hydrogen-bond donors (Lipinski definition) is 0. The average molecular weight is 346 g/mol.